The van der Waals surface area contributed by atoms with Gasteiger partial charge in [0.1, 0.15) is 0 Å². The van der Waals surface area contributed by atoms with Crippen molar-refractivity contribution in [3.05, 3.63) is 35.9 Å². The van der Waals surface area contributed by atoms with E-state index in [9.17, 15) is 0 Å². The molecule has 3 heteroatoms. The van der Waals surface area contributed by atoms with Crippen molar-refractivity contribution in [3.63, 3.8) is 0 Å². The van der Waals surface area contributed by atoms with Gasteiger partial charge >= 0.3 is 0 Å². The van der Waals surface area contributed by atoms with Gasteiger partial charge in [-0.3, -0.25) is 0 Å². The van der Waals surface area contributed by atoms with Crippen molar-refractivity contribution in [1.29, 1.82) is 0 Å². The van der Waals surface area contributed by atoms with E-state index >= 15 is 0 Å². The second-order valence-corrected chi connectivity index (χ2v) is 4.28. The van der Waals surface area contributed by atoms with E-state index in [0.717, 1.165) is 19.6 Å². The van der Waals surface area contributed by atoms with Gasteiger partial charge in [-0.05, 0) is 19.5 Å². The largest absolute Gasteiger partial charge is 0.392 e. The smallest absolute Gasteiger partial charge is 0.0636 e. The van der Waals surface area contributed by atoms with Gasteiger partial charge in [0, 0.05) is 26.2 Å². The second-order valence-electron chi connectivity index (χ2n) is 4.28. The molecular formula is C13H22N2O. The maximum Gasteiger partial charge on any atom is 0.0636 e. The van der Waals surface area contributed by atoms with Gasteiger partial charge in [0.2, 0.25) is 0 Å². The summed E-state index contributed by atoms with van der Waals surface area (Å²) >= 11 is 0. The Kier molecular flexibility index (Phi) is 6.08. The molecule has 0 aromatic heterocycles. The first kappa shape index (κ1) is 13.2. The summed E-state index contributed by atoms with van der Waals surface area (Å²) in [7, 11) is 2.11. The highest BCUT2D eigenvalue weighted by Gasteiger charge is 2.00. The number of aliphatic hydroxyl groups is 1. The first-order valence-corrected chi connectivity index (χ1v) is 5.79. The molecule has 0 aliphatic carbocycles. The molecule has 0 fully saturated rings. The van der Waals surface area contributed by atoms with Crippen molar-refractivity contribution in [1.82, 2.24) is 10.2 Å². The van der Waals surface area contributed by atoms with Crippen LogP contribution in [0.2, 0.25) is 0 Å². The summed E-state index contributed by atoms with van der Waals surface area (Å²) in [5.41, 5.74) is 1.33. The monoisotopic (exact) mass is 222 g/mol. The minimum absolute atomic E-state index is 0.264. The topological polar surface area (TPSA) is 35.5 Å². The van der Waals surface area contributed by atoms with Gasteiger partial charge in [-0.2, -0.15) is 0 Å². The van der Waals surface area contributed by atoms with Crippen molar-refractivity contribution in [3.8, 4) is 0 Å². The van der Waals surface area contributed by atoms with Crippen LogP contribution in [-0.4, -0.2) is 42.8 Å². The van der Waals surface area contributed by atoms with Gasteiger partial charge in [0.15, 0.2) is 0 Å². The molecule has 1 atom stereocenters. The van der Waals surface area contributed by atoms with Gasteiger partial charge in [0.25, 0.3) is 0 Å². The van der Waals surface area contributed by atoms with Crippen LogP contribution in [0.3, 0.4) is 0 Å². The molecule has 0 radical (unpaired) electrons. The number of likely N-dealkylation sites (N-methyl/N-ethyl adjacent to an activating group) is 1. The van der Waals surface area contributed by atoms with Crippen LogP contribution in [-0.2, 0) is 6.54 Å². The van der Waals surface area contributed by atoms with Gasteiger partial charge in [-0.15, -0.1) is 0 Å². The molecule has 1 rings (SSSR count). The number of aliphatic hydroxyl groups excluding tert-OH is 1. The maximum absolute atomic E-state index is 9.08. The molecule has 90 valence electrons. The molecule has 0 spiro atoms. The van der Waals surface area contributed by atoms with Gasteiger partial charge < -0.3 is 15.3 Å². The summed E-state index contributed by atoms with van der Waals surface area (Å²) in [6, 6.07) is 10.4. The van der Waals surface area contributed by atoms with Crippen LogP contribution >= 0.6 is 0 Å². The van der Waals surface area contributed by atoms with Gasteiger partial charge in [-0.1, -0.05) is 30.3 Å². The molecular weight excluding hydrogens is 200 g/mol. The van der Waals surface area contributed by atoms with E-state index in [1.165, 1.54) is 5.56 Å². The van der Waals surface area contributed by atoms with E-state index in [4.69, 9.17) is 5.11 Å². The summed E-state index contributed by atoms with van der Waals surface area (Å²) in [4.78, 5) is 2.27. The van der Waals surface area contributed by atoms with Gasteiger partial charge in [-0.25, -0.2) is 0 Å². The molecule has 1 aromatic carbocycles. The Morgan fingerprint density at radius 2 is 2.00 bits per heavy atom. The summed E-state index contributed by atoms with van der Waals surface area (Å²) in [6.07, 6.45) is -0.264. The zero-order chi connectivity index (χ0) is 11.8. The van der Waals surface area contributed by atoms with E-state index < -0.39 is 0 Å². The van der Waals surface area contributed by atoms with Crippen molar-refractivity contribution < 1.29 is 5.11 Å². The van der Waals surface area contributed by atoms with Crippen LogP contribution in [0.5, 0.6) is 0 Å². The summed E-state index contributed by atoms with van der Waals surface area (Å²) in [5, 5.41) is 12.3. The number of nitrogens with one attached hydrogen (secondary N) is 1. The number of hydrogen-bond acceptors (Lipinski definition) is 3. The lowest BCUT2D eigenvalue weighted by molar-refractivity contribution is 0.189. The molecule has 0 saturated heterocycles. The first-order valence-electron chi connectivity index (χ1n) is 5.79. The predicted octanol–water partition coefficient (Wildman–Crippen LogP) is 1.09. The fraction of sp³-hybridized carbons (Fsp3) is 0.538. The predicted molar refractivity (Wildman–Crippen MR) is 67.3 cm³/mol. The molecule has 0 aliphatic rings. The second kappa shape index (κ2) is 7.39. The first-order chi connectivity index (χ1) is 7.68. The fourth-order valence-corrected chi connectivity index (χ4v) is 1.56. The van der Waals surface area contributed by atoms with Crippen molar-refractivity contribution in [2.75, 3.05) is 26.7 Å². The lowest BCUT2D eigenvalue weighted by Gasteiger charge is -2.17. The van der Waals surface area contributed by atoms with Crippen LogP contribution in [0.4, 0.5) is 0 Å². The highest BCUT2D eigenvalue weighted by Crippen LogP contribution is 2.01. The Bertz CT molecular complexity index is 275. The van der Waals surface area contributed by atoms with E-state index in [2.05, 4.69) is 41.5 Å². The minimum atomic E-state index is -0.264. The summed E-state index contributed by atoms with van der Waals surface area (Å²) < 4.78 is 0. The number of benzene rings is 1. The molecule has 1 aromatic rings. The van der Waals surface area contributed by atoms with Crippen LogP contribution in [0.15, 0.2) is 30.3 Å². The van der Waals surface area contributed by atoms with Crippen LogP contribution in [0.25, 0.3) is 0 Å². The Morgan fingerprint density at radius 1 is 1.31 bits per heavy atom. The minimum Gasteiger partial charge on any atom is -0.392 e. The SMILES string of the molecule is C[C@@H](O)CNCCN(C)Cc1ccccc1. The van der Waals surface area contributed by atoms with E-state index in [1.807, 2.05) is 6.07 Å². The Hall–Kier alpha value is -0.900. The van der Waals surface area contributed by atoms with Gasteiger partial charge in [0.05, 0.1) is 6.10 Å². The Morgan fingerprint density at radius 3 is 2.62 bits per heavy atom. The van der Waals surface area contributed by atoms with Crippen LogP contribution < -0.4 is 5.32 Å². The highest BCUT2D eigenvalue weighted by molar-refractivity contribution is 5.14. The molecule has 0 saturated carbocycles. The molecule has 3 nitrogen and oxygen atoms in total. The molecule has 0 amide bonds. The number of rotatable bonds is 7. The molecule has 16 heavy (non-hydrogen) atoms. The summed E-state index contributed by atoms with van der Waals surface area (Å²) in [6.45, 7) is 5.33. The average molecular weight is 222 g/mol. The van der Waals surface area contributed by atoms with Crippen molar-refractivity contribution >= 4 is 0 Å². The number of nitrogens with zero attached hydrogens (tertiary/aromatic N) is 1. The quantitative estimate of drug-likeness (QED) is 0.678. The third-order valence-electron chi connectivity index (χ3n) is 2.41. The van der Waals surface area contributed by atoms with E-state index in [1.54, 1.807) is 6.92 Å². The van der Waals surface area contributed by atoms with E-state index in [-0.39, 0.29) is 6.10 Å². The average Bonchev–Trinajstić information content (AvgIpc) is 2.25. The zero-order valence-corrected chi connectivity index (χ0v) is 10.2. The zero-order valence-electron chi connectivity index (χ0n) is 10.2. The highest BCUT2D eigenvalue weighted by atomic mass is 16.3. The lowest BCUT2D eigenvalue weighted by atomic mass is 10.2. The molecule has 0 unspecified atom stereocenters. The van der Waals surface area contributed by atoms with Crippen molar-refractivity contribution in [2.24, 2.45) is 0 Å². The lowest BCUT2D eigenvalue weighted by Crippen LogP contribution is -2.32. The molecule has 2 N–H and O–H groups in total. The van der Waals surface area contributed by atoms with E-state index in [0.29, 0.717) is 6.54 Å². The van der Waals surface area contributed by atoms with Crippen molar-refractivity contribution in [2.45, 2.75) is 19.6 Å². The molecule has 0 bridgehead atoms. The maximum atomic E-state index is 9.08. The van der Waals surface area contributed by atoms with Crippen LogP contribution in [0.1, 0.15) is 12.5 Å². The third-order valence-corrected chi connectivity index (χ3v) is 2.41. The Labute approximate surface area is 98.1 Å². The summed E-state index contributed by atoms with van der Waals surface area (Å²) in [5.74, 6) is 0. The third kappa shape index (κ3) is 5.85. The Balaban J connectivity index is 2.14. The normalized spacial score (nSPS) is 13.0. The molecule has 0 aliphatic heterocycles. The number of hydrogen-bond donors (Lipinski definition) is 2. The standard InChI is InChI=1S/C13H22N2O/c1-12(16)10-14-8-9-15(2)11-13-6-4-3-5-7-13/h3-7,12,14,16H,8-11H2,1-2H3/t12-/m1/s1. The fourth-order valence-electron chi connectivity index (χ4n) is 1.56. The van der Waals surface area contributed by atoms with Crippen LogP contribution in [0, 0.1) is 0 Å². The molecule has 0 heterocycles.